The number of nitro benzene ring substituents is 1. The molecule has 0 N–H and O–H groups in total. The van der Waals surface area contributed by atoms with Crippen LogP contribution in [0.5, 0.6) is 11.5 Å². The second-order valence-electron chi connectivity index (χ2n) is 7.32. The third-order valence-corrected chi connectivity index (χ3v) is 6.56. The van der Waals surface area contributed by atoms with E-state index in [1.54, 1.807) is 37.3 Å². The number of fused-ring (bicyclic) bond motifs is 1. The average molecular weight is 473 g/mol. The maximum absolute atomic E-state index is 13.4. The van der Waals surface area contributed by atoms with Gasteiger partial charge in [-0.15, -0.1) is 0 Å². The van der Waals surface area contributed by atoms with E-state index in [9.17, 15) is 14.9 Å². The Morgan fingerprint density at radius 3 is 2.24 bits per heavy atom. The molecular formula is C23H28N4O5S. The molecule has 0 saturated heterocycles. The summed E-state index contributed by atoms with van der Waals surface area (Å²) < 4.78 is 11.8. The summed E-state index contributed by atoms with van der Waals surface area (Å²) >= 11 is 1.38. The number of carbonyl (C=O) groups is 1. The average Bonchev–Trinajstić information content (AvgIpc) is 3.26. The summed E-state index contributed by atoms with van der Waals surface area (Å²) in [6, 6.07) is 9.67. The topological polar surface area (TPSA) is 98.0 Å². The van der Waals surface area contributed by atoms with Gasteiger partial charge in [-0.2, -0.15) is 0 Å². The molecule has 3 aromatic rings. The molecule has 0 aliphatic rings. The molecule has 1 aromatic heterocycles. The lowest BCUT2D eigenvalue weighted by Crippen LogP contribution is -2.39. The number of hydrogen-bond acceptors (Lipinski definition) is 8. The van der Waals surface area contributed by atoms with Crippen molar-refractivity contribution < 1.29 is 19.2 Å². The van der Waals surface area contributed by atoms with Crippen LogP contribution in [0.2, 0.25) is 0 Å². The van der Waals surface area contributed by atoms with Crippen LogP contribution in [-0.4, -0.2) is 61.1 Å². The van der Waals surface area contributed by atoms with Crippen LogP contribution in [0, 0.1) is 10.1 Å². The fraction of sp³-hybridized carbons (Fsp3) is 0.391. The molecule has 1 heterocycles. The van der Waals surface area contributed by atoms with Crippen molar-refractivity contribution in [3.63, 3.8) is 0 Å². The molecule has 33 heavy (non-hydrogen) atoms. The minimum atomic E-state index is -0.454. The molecule has 0 aliphatic carbocycles. The zero-order chi connectivity index (χ0) is 24.0. The standard InChI is InChI=1S/C23H28N4O5S/c1-5-25(6-2)13-14-26(20(28)15-16-7-9-17(10-8-16)27(29)30)23-24-21-18(31-3)11-12-19(32-4)22(21)33-23/h7-12H,5-6,13-15H2,1-4H3. The first kappa shape index (κ1) is 24.4. The maximum Gasteiger partial charge on any atom is 0.269 e. The normalized spacial score (nSPS) is 11.1. The van der Waals surface area contributed by atoms with Crippen LogP contribution in [0.3, 0.4) is 0 Å². The van der Waals surface area contributed by atoms with E-state index in [0.717, 1.165) is 17.8 Å². The maximum atomic E-state index is 13.4. The van der Waals surface area contributed by atoms with Crippen LogP contribution >= 0.6 is 11.3 Å². The van der Waals surface area contributed by atoms with E-state index in [-0.39, 0.29) is 18.0 Å². The van der Waals surface area contributed by atoms with Crippen molar-refractivity contribution in [2.75, 3.05) is 45.3 Å². The van der Waals surface area contributed by atoms with E-state index in [2.05, 4.69) is 18.7 Å². The van der Waals surface area contributed by atoms with Gasteiger partial charge >= 0.3 is 0 Å². The lowest BCUT2D eigenvalue weighted by atomic mass is 10.1. The fourth-order valence-corrected chi connectivity index (χ4v) is 4.62. The molecule has 0 saturated carbocycles. The third kappa shape index (κ3) is 5.58. The van der Waals surface area contributed by atoms with E-state index < -0.39 is 4.92 Å². The van der Waals surface area contributed by atoms with Crippen molar-refractivity contribution in [1.29, 1.82) is 0 Å². The smallest absolute Gasteiger partial charge is 0.269 e. The molecule has 0 atom stereocenters. The van der Waals surface area contributed by atoms with Gasteiger partial charge in [-0.3, -0.25) is 19.8 Å². The van der Waals surface area contributed by atoms with Crippen molar-refractivity contribution in [3.8, 4) is 11.5 Å². The fourth-order valence-electron chi connectivity index (χ4n) is 3.50. The van der Waals surface area contributed by atoms with Gasteiger partial charge in [0.15, 0.2) is 5.13 Å². The molecule has 0 aliphatic heterocycles. The number of hydrogen-bond donors (Lipinski definition) is 0. The van der Waals surface area contributed by atoms with Gasteiger partial charge in [-0.1, -0.05) is 37.3 Å². The van der Waals surface area contributed by atoms with E-state index in [1.807, 2.05) is 6.07 Å². The number of non-ortho nitro benzene ring substituents is 1. The van der Waals surface area contributed by atoms with Crippen molar-refractivity contribution >= 4 is 38.3 Å². The zero-order valence-corrected chi connectivity index (χ0v) is 20.1. The largest absolute Gasteiger partial charge is 0.495 e. The highest BCUT2D eigenvalue weighted by Crippen LogP contribution is 2.40. The van der Waals surface area contributed by atoms with Crippen LogP contribution in [0.25, 0.3) is 10.2 Å². The summed E-state index contributed by atoms with van der Waals surface area (Å²) in [5.74, 6) is 1.15. The van der Waals surface area contributed by atoms with Crippen molar-refractivity contribution in [3.05, 3.63) is 52.1 Å². The molecule has 1 amide bonds. The Labute approximate surface area is 196 Å². The van der Waals surface area contributed by atoms with Crippen LogP contribution in [0.1, 0.15) is 19.4 Å². The van der Waals surface area contributed by atoms with E-state index in [4.69, 9.17) is 14.5 Å². The van der Waals surface area contributed by atoms with Gasteiger partial charge in [-0.05, 0) is 30.8 Å². The number of nitro groups is 1. The molecular weight excluding hydrogens is 444 g/mol. The Morgan fingerprint density at radius 1 is 1.03 bits per heavy atom. The highest BCUT2D eigenvalue weighted by Gasteiger charge is 2.23. The monoisotopic (exact) mass is 472 g/mol. The number of aromatic nitrogens is 1. The quantitative estimate of drug-likeness (QED) is 0.306. The molecule has 0 unspecified atom stereocenters. The van der Waals surface area contributed by atoms with Gasteiger partial charge in [0, 0.05) is 25.2 Å². The molecule has 3 rings (SSSR count). The van der Waals surface area contributed by atoms with Gasteiger partial charge < -0.3 is 14.4 Å². The molecule has 10 heteroatoms. The van der Waals surface area contributed by atoms with Crippen LogP contribution in [-0.2, 0) is 11.2 Å². The second-order valence-corrected chi connectivity index (χ2v) is 8.29. The number of rotatable bonds is 11. The van der Waals surface area contributed by atoms with Gasteiger partial charge in [-0.25, -0.2) is 4.98 Å². The third-order valence-electron chi connectivity index (χ3n) is 5.47. The highest BCUT2D eigenvalue weighted by atomic mass is 32.1. The van der Waals surface area contributed by atoms with Gasteiger partial charge in [0.2, 0.25) is 5.91 Å². The molecule has 0 bridgehead atoms. The van der Waals surface area contributed by atoms with Crippen LogP contribution in [0.4, 0.5) is 10.8 Å². The van der Waals surface area contributed by atoms with Crippen molar-refractivity contribution in [2.24, 2.45) is 0 Å². The molecule has 176 valence electrons. The minimum Gasteiger partial charge on any atom is -0.495 e. The Hall–Kier alpha value is -3.24. The predicted molar refractivity (Wildman–Crippen MR) is 130 cm³/mol. The molecule has 9 nitrogen and oxygen atoms in total. The number of ether oxygens (including phenoxy) is 2. The van der Waals surface area contributed by atoms with Crippen LogP contribution < -0.4 is 14.4 Å². The lowest BCUT2D eigenvalue weighted by molar-refractivity contribution is -0.384. The minimum absolute atomic E-state index is 0.00467. The predicted octanol–water partition coefficient (Wildman–Crippen LogP) is 4.14. The summed E-state index contributed by atoms with van der Waals surface area (Å²) in [5.41, 5.74) is 1.34. The summed E-state index contributed by atoms with van der Waals surface area (Å²) in [7, 11) is 3.18. The summed E-state index contributed by atoms with van der Waals surface area (Å²) in [6.45, 7) is 7.09. The first-order valence-electron chi connectivity index (χ1n) is 10.7. The summed E-state index contributed by atoms with van der Waals surface area (Å²) in [4.78, 5) is 32.5. The number of methoxy groups -OCH3 is 2. The number of nitrogens with zero attached hydrogens (tertiary/aromatic N) is 4. The number of anilines is 1. The molecule has 0 radical (unpaired) electrons. The van der Waals surface area contributed by atoms with E-state index >= 15 is 0 Å². The lowest BCUT2D eigenvalue weighted by Gasteiger charge is -2.24. The van der Waals surface area contributed by atoms with Gasteiger partial charge in [0.25, 0.3) is 5.69 Å². The SMILES string of the molecule is CCN(CC)CCN(C(=O)Cc1ccc([N+](=O)[O-])cc1)c1nc2c(OC)ccc(OC)c2s1. The summed E-state index contributed by atoms with van der Waals surface area (Å²) in [5, 5.41) is 11.5. The van der Waals surface area contributed by atoms with Crippen molar-refractivity contribution in [2.45, 2.75) is 20.3 Å². The highest BCUT2D eigenvalue weighted by molar-refractivity contribution is 7.22. The number of benzene rings is 2. The Morgan fingerprint density at radius 2 is 1.67 bits per heavy atom. The van der Waals surface area contributed by atoms with E-state index in [0.29, 0.717) is 40.8 Å². The summed E-state index contributed by atoms with van der Waals surface area (Å²) in [6.07, 6.45) is 0.112. The molecule has 0 spiro atoms. The zero-order valence-electron chi connectivity index (χ0n) is 19.2. The first-order chi connectivity index (χ1) is 15.9. The number of thiazole rings is 1. The Kier molecular flexibility index (Phi) is 8.18. The first-order valence-corrected chi connectivity index (χ1v) is 11.5. The van der Waals surface area contributed by atoms with Crippen LogP contribution in [0.15, 0.2) is 36.4 Å². The molecule has 2 aromatic carbocycles. The Balaban J connectivity index is 1.95. The van der Waals surface area contributed by atoms with Gasteiger partial charge in [0.1, 0.15) is 21.7 Å². The number of carbonyl (C=O) groups excluding carboxylic acids is 1. The second kappa shape index (κ2) is 11.1. The van der Waals surface area contributed by atoms with E-state index in [1.165, 1.54) is 23.5 Å². The number of amides is 1. The molecule has 0 fully saturated rings. The van der Waals surface area contributed by atoms with Crippen molar-refractivity contribution in [1.82, 2.24) is 9.88 Å². The Bertz CT molecular complexity index is 1070. The number of likely N-dealkylation sites (N-methyl/N-ethyl adjacent to an activating group) is 1. The van der Waals surface area contributed by atoms with Gasteiger partial charge in [0.05, 0.1) is 25.6 Å².